The normalized spacial score (nSPS) is 15.1. The van der Waals surface area contributed by atoms with Gasteiger partial charge in [-0.15, -0.1) is 0 Å². The zero-order valence-corrected chi connectivity index (χ0v) is 15.8. The van der Waals surface area contributed by atoms with Crippen LogP contribution in [0.25, 0.3) is 5.57 Å². The number of fused-ring (bicyclic) bond motifs is 1. The summed E-state index contributed by atoms with van der Waals surface area (Å²) in [5.41, 5.74) is 2.94. The molecule has 0 saturated heterocycles. The molecule has 0 saturated carbocycles. The molecule has 0 amide bonds. The first-order valence-electron chi connectivity index (χ1n) is 8.81. The van der Waals surface area contributed by atoms with Crippen LogP contribution in [-0.4, -0.2) is 31.4 Å². The van der Waals surface area contributed by atoms with Gasteiger partial charge in [0, 0.05) is 11.0 Å². The van der Waals surface area contributed by atoms with E-state index in [-0.39, 0.29) is 11.0 Å². The van der Waals surface area contributed by atoms with Crippen LogP contribution in [0.1, 0.15) is 35.3 Å². The number of carboxylic acid groups (broad SMARTS) is 1. The largest absolute Gasteiger partial charge is 0.497 e. The van der Waals surface area contributed by atoms with Crippen LogP contribution in [0.3, 0.4) is 0 Å². The Morgan fingerprint density at radius 3 is 2.74 bits per heavy atom. The van der Waals surface area contributed by atoms with Crippen molar-refractivity contribution in [3.63, 3.8) is 0 Å². The number of aromatic carboxylic acids is 1. The van der Waals surface area contributed by atoms with Crippen molar-refractivity contribution in [3.05, 3.63) is 65.2 Å². The van der Waals surface area contributed by atoms with Crippen LogP contribution in [0.5, 0.6) is 11.5 Å². The summed E-state index contributed by atoms with van der Waals surface area (Å²) in [4.78, 5) is 11.1. The molecule has 5 heteroatoms. The van der Waals surface area contributed by atoms with Crippen LogP contribution < -0.4 is 9.47 Å². The maximum absolute atomic E-state index is 11.1. The third-order valence-corrected chi connectivity index (χ3v) is 4.40. The standard InChI is InChI=1S/C22H24O5/c1-22(2)11-17(19-10-18(25-3)7-8-20(19)27-14-22)13-26-12-15-5-4-6-16(9-15)21(23)24/h4-11H,12-14H2,1-3H3,(H,23,24). The molecule has 1 aliphatic rings. The van der Waals surface area contributed by atoms with Crippen molar-refractivity contribution in [2.45, 2.75) is 20.5 Å². The van der Waals surface area contributed by atoms with Crippen LogP contribution in [0.4, 0.5) is 0 Å². The maximum Gasteiger partial charge on any atom is 0.335 e. The van der Waals surface area contributed by atoms with E-state index in [2.05, 4.69) is 19.9 Å². The molecule has 1 aliphatic heterocycles. The fourth-order valence-corrected chi connectivity index (χ4v) is 3.06. The van der Waals surface area contributed by atoms with Gasteiger partial charge in [-0.2, -0.15) is 0 Å². The third-order valence-electron chi connectivity index (χ3n) is 4.40. The third kappa shape index (κ3) is 4.68. The summed E-state index contributed by atoms with van der Waals surface area (Å²) in [7, 11) is 1.64. The zero-order chi connectivity index (χ0) is 19.4. The summed E-state index contributed by atoms with van der Waals surface area (Å²) >= 11 is 0. The van der Waals surface area contributed by atoms with E-state index in [0.717, 1.165) is 28.2 Å². The Hall–Kier alpha value is -2.79. The monoisotopic (exact) mass is 368 g/mol. The van der Waals surface area contributed by atoms with Crippen LogP contribution in [-0.2, 0) is 11.3 Å². The first-order chi connectivity index (χ1) is 12.9. The Balaban J connectivity index is 1.79. The average Bonchev–Trinajstić information content (AvgIpc) is 2.77. The lowest BCUT2D eigenvalue weighted by Gasteiger charge is -2.18. The number of hydrogen-bond acceptors (Lipinski definition) is 4. The highest BCUT2D eigenvalue weighted by molar-refractivity contribution is 5.87. The fraction of sp³-hybridized carbons (Fsp3) is 0.318. The minimum Gasteiger partial charge on any atom is -0.497 e. The fourth-order valence-electron chi connectivity index (χ4n) is 3.06. The number of carbonyl (C=O) groups is 1. The van der Waals surface area contributed by atoms with E-state index >= 15 is 0 Å². The molecule has 0 bridgehead atoms. The summed E-state index contributed by atoms with van der Waals surface area (Å²) in [6.07, 6.45) is 2.17. The van der Waals surface area contributed by atoms with E-state index in [4.69, 9.17) is 19.3 Å². The lowest BCUT2D eigenvalue weighted by Crippen LogP contribution is -2.17. The average molecular weight is 368 g/mol. The quantitative estimate of drug-likeness (QED) is 0.818. The van der Waals surface area contributed by atoms with Gasteiger partial charge in [0.25, 0.3) is 0 Å². The molecule has 142 valence electrons. The zero-order valence-electron chi connectivity index (χ0n) is 15.8. The highest BCUT2D eigenvalue weighted by atomic mass is 16.5. The van der Waals surface area contributed by atoms with Gasteiger partial charge < -0.3 is 19.3 Å². The first kappa shape index (κ1) is 19.0. The van der Waals surface area contributed by atoms with Gasteiger partial charge in [-0.05, 0) is 41.5 Å². The SMILES string of the molecule is COc1ccc2c(c1)C(COCc1cccc(C(=O)O)c1)=CC(C)(C)CO2. The molecule has 3 rings (SSSR count). The number of methoxy groups -OCH3 is 1. The van der Waals surface area contributed by atoms with Crippen molar-refractivity contribution in [3.8, 4) is 11.5 Å². The smallest absolute Gasteiger partial charge is 0.335 e. The van der Waals surface area contributed by atoms with E-state index in [1.165, 1.54) is 0 Å². The Bertz CT molecular complexity index is 867. The number of rotatable bonds is 6. The molecular weight excluding hydrogens is 344 g/mol. The van der Waals surface area contributed by atoms with Gasteiger partial charge in [-0.3, -0.25) is 0 Å². The summed E-state index contributed by atoms with van der Waals surface area (Å²) in [5.74, 6) is 0.629. The van der Waals surface area contributed by atoms with Crippen LogP contribution in [0, 0.1) is 5.41 Å². The molecule has 0 unspecified atom stereocenters. The molecule has 0 radical (unpaired) electrons. The molecular formula is C22H24O5. The van der Waals surface area contributed by atoms with E-state index in [0.29, 0.717) is 19.8 Å². The predicted octanol–water partition coefficient (Wildman–Crippen LogP) is 4.41. The molecule has 0 spiro atoms. The number of benzene rings is 2. The number of hydrogen-bond donors (Lipinski definition) is 1. The molecule has 2 aromatic rings. The Labute approximate surface area is 159 Å². The van der Waals surface area contributed by atoms with Crippen LogP contribution in [0.15, 0.2) is 48.5 Å². The van der Waals surface area contributed by atoms with Gasteiger partial charge in [-0.25, -0.2) is 4.79 Å². The minimum absolute atomic E-state index is 0.131. The van der Waals surface area contributed by atoms with E-state index < -0.39 is 5.97 Å². The molecule has 0 aliphatic carbocycles. The van der Waals surface area contributed by atoms with E-state index in [1.54, 1.807) is 25.3 Å². The predicted molar refractivity (Wildman–Crippen MR) is 103 cm³/mol. The molecule has 0 atom stereocenters. The second-order valence-electron chi connectivity index (χ2n) is 7.31. The second-order valence-corrected chi connectivity index (χ2v) is 7.31. The molecule has 27 heavy (non-hydrogen) atoms. The first-order valence-corrected chi connectivity index (χ1v) is 8.81. The van der Waals surface area contributed by atoms with Gasteiger partial charge in [-0.1, -0.05) is 32.1 Å². The second kappa shape index (κ2) is 7.84. The molecule has 0 aromatic heterocycles. The maximum atomic E-state index is 11.1. The van der Waals surface area contributed by atoms with Gasteiger partial charge >= 0.3 is 5.97 Å². The Morgan fingerprint density at radius 2 is 2.00 bits per heavy atom. The Morgan fingerprint density at radius 1 is 1.19 bits per heavy atom. The molecule has 2 aromatic carbocycles. The Kier molecular flexibility index (Phi) is 5.51. The van der Waals surface area contributed by atoms with Crippen molar-refractivity contribution >= 4 is 11.5 Å². The topological polar surface area (TPSA) is 65.0 Å². The number of ether oxygens (including phenoxy) is 3. The van der Waals surface area contributed by atoms with Crippen molar-refractivity contribution < 1.29 is 24.1 Å². The summed E-state index contributed by atoms with van der Waals surface area (Å²) in [6, 6.07) is 12.5. The van der Waals surface area contributed by atoms with Crippen molar-refractivity contribution in [2.24, 2.45) is 5.41 Å². The minimum atomic E-state index is -0.941. The van der Waals surface area contributed by atoms with Crippen molar-refractivity contribution in [1.82, 2.24) is 0 Å². The van der Waals surface area contributed by atoms with Crippen LogP contribution in [0.2, 0.25) is 0 Å². The van der Waals surface area contributed by atoms with E-state index in [1.807, 2.05) is 24.3 Å². The molecule has 0 fully saturated rings. The molecule has 1 N–H and O–H groups in total. The summed E-state index contributed by atoms with van der Waals surface area (Å²) in [5, 5.41) is 9.11. The van der Waals surface area contributed by atoms with Gasteiger partial charge in [0.1, 0.15) is 11.5 Å². The molecule has 5 nitrogen and oxygen atoms in total. The van der Waals surface area contributed by atoms with E-state index in [9.17, 15) is 4.79 Å². The van der Waals surface area contributed by atoms with Gasteiger partial charge in [0.05, 0.1) is 32.5 Å². The highest BCUT2D eigenvalue weighted by Gasteiger charge is 2.24. The van der Waals surface area contributed by atoms with Gasteiger partial charge in [0.15, 0.2) is 0 Å². The van der Waals surface area contributed by atoms with Crippen molar-refractivity contribution in [2.75, 3.05) is 20.3 Å². The lowest BCUT2D eigenvalue weighted by atomic mass is 9.90. The lowest BCUT2D eigenvalue weighted by molar-refractivity contribution is 0.0696. The highest BCUT2D eigenvalue weighted by Crippen LogP contribution is 2.37. The number of carboxylic acids is 1. The van der Waals surface area contributed by atoms with Crippen molar-refractivity contribution in [1.29, 1.82) is 0 Å². The summed E-state index contributed by atoms with van der Waals surface area (Å²) < 4.78 is 17.2. The molecule has 1 heterocycles. The summed E-state index contributed by atoms with van der Waals surface area (Å²) in [6.45, 7) is 5.54. The van der Waals surface area contributed by atoms with Gasteiger partial charge in [0.2, 0.25) is 0 Å². The van der Waals surface area contributed by atoms with Crippen LogP contribution >= 0.6 is 0 Å².